The molecule has 126 valence electrons. The number of hydrogen-bond acceptors (Lipinski definition) is 2. The Labute approximate surface area is 138 Å². The molecule has 1 N–H and O–H groups in total. The van der Waals surface area contributed by atoms with E-state index in [-0.39, 0.29) is 5.82 Å². The lowest BCUT2D eigenvalue weighted by atomic mass is 10.1. The van der Waals surface area contributed by atoms with Gasteiger partial charge in [-0.3, -0.25) is 0 Å². The summed E-state index contributed by atoms with van der Waals surface area (Å²) in [7, 11) is 0. The molecular formula is C19H26FNO2. The van der Waals surface area contributed by atoms with Crippen LogP contribution in [0.15, 0.2) is 12.1 Å². The normalized spacial score (nSPS) is 10.2. The minimum atomic E-state index is -0.575. The Morgan fingerprint density at radius 2 is 1.70 bits per heavy atom. The third kappa shape index (κ3) is 4.85. The minimum Gasteiger partial charge on any atom is -0.455 e. The van der Waals surface area contributed by atoms with Gasteiger partial charge in [0, 0.05) is 5.39 Å². The van der Waals surface area contributed by atoms with Gasteiger partial charge in [0.1, 0.15) is 17.1 Å². The number of carbonyl (C=O) groups excluding carboxylic acids is 1. The van der Waals surface area contributed by atoms with Crippen molar-refractivity contribution in [1.29, 1.82) is 0 Å². The van der Waals surface area contributed by atoms with Crippen LogP contribution < -0.4 is 0 Å². The zero-order valence-electron chi connectivity index (χ0n) is 15.0. The number of H-pyrrole nitrogens is 1. The van der Waals surface area contributed by atoms with Crippen LogP contribution in [0.4, 0.5) is 4.39 Å². The highest BCUT2D eigenvalue weighted by molar-refractivity contribution is 5.99. The first-order valence-electron chi connectivity index (χ1n) is 7.55. The first-order chi connectivity index (χ1) is 10.7. The summed E-state index contributed by atoms with van der Waals surface area (Å²) in [5.41, 5.74) is 1.88. The van der Waals surface area contributed by atoms with Crippen molar-refractivity contribution >= 4 is 16.9 Å². The smallest absolute Gasteiger partial charge is 0.355 e. The summed E-state index contributed by atoms with van der Waals surface area (Å²) in [5, 5.41) is 0.459. The first kappa shape index (κ1) is 20.7. The summed E-state index contributed by atoms with van der Waals surface area (Å²) in [4.78, 5) is 15.1. The van der Waals surface area contributed by atoms with E-state index in [9.17, 15) is 9.18 Å². The van der Waals surface area contributed by atoms with Gasteiger partial charge in [0.05, 0.1) is 5.52 Å². The monoisotopic (exact) mass is 319 g/mol. The number of aryl methyl sites for hydroxylation is 2. The maximum absolute atomic E-state index is 13.9. The van der Waals surface area contributed by atoms with Crippen LogP contribution in [0.1, 0.15) is 56.2 Å². The predicted octanol–water partition coefficient (Wildman–Crippen LogP) is 5.15. The van der Waals surface area contributed by atoms with Gasteiger partial charge >= 0.3 is 5.97 Å². The zero-order valence-corrected chi connectivity index (χ0v) is 15.0. The molecule has 0 aliphatic carbocycles. The fraction of sp³-hybridized carbons (Fsp3) is 0.421. The Morgan fingerprint density at radius 3 is 2.13 bits per heavy atom. The van der Waals surface area contributed by atoms with E-state index in [1.54, 1.807) is 33.8 Å². The number of esters is 1. The fourth-order valence-electron chi connectivity index (χ4n) is 2.09. The molecule has 0 aliphatic rings. The predicted molar refractivity (Wildman–Crippen MR) is 94.1 cm³/mol. The Morgan fingerprint density at radius 1 is 1.17 bits per heavy atom. The van der Waals surface area contributed by atoms with Crippen LogP contribution in [0.5, 0.6) is 0 Å². The number of hydrogen-bond donors (Lipinski definition) is 1. The second-order valence-electron chi connectivity index (χ2n) is 5.74. The minimum absolute atomic E-state index is 0.318. The molecule has 0 spiro atoms. The first-order valence-corrected chi connectivity index (χ1v) is 7.55. The Kier molecular flexibility index (Phi) is 7.55. The molecule has 0 amide bonds. The van der Waals surface area contributed by atoms with Gasteiger partial charge in [0.2, 0.25) is 0 Å². The molecule has 2 rings (SSSR count). The summed E-state index contributed by atoms with van der Waals surface area (Å²) in [6.45, 7) is 13.0. The van der Waals surface area contributed by atoms with Crippen molar-refractivity contribution in [1.82, 2.24) is 4.98 Å². The van der Waals surface area contributed by atoms with Crippen LogP contribution in [-0.2, 0) is 4.74 Å². The summed E-state index contributed by atoms with van der Waals surface area (Å²) in [6, 6.07) is 3.10. The van der Waals surface area contributed by atoms with Gasteiger partial charge in [-0.1, -0.05) is 19.9 Å². The number of benzene rings is 1. The van der Waals surface area contributed by atoms with E-state index in [1.165, 1.54) is 6.07 Å². The number of aromatic amines is 1. The molecule has 0 atom stereocenters. The SMILES string of the molecule is C#C.CC.Cc1ccc(F)c2c(C)c(C(=O)OC(C)(C)C)[nH]c12. The van der Waals surface area contributed by atoms with Gasteiger partial charge in [0.25, 0.3) is 0 Å². The summed E-state index contributed by atoms with van der Waals surface area (Å²) in [6.07, 6.45) is 8.00. The van der Waals surface area contributed by atoms with E-state index in [2.05, 4.69) is 17.8 Å². The van der Waals surface area contributed by atoms with Crippen molar-refractivity contribution in [3.05, 3.63) is 34.8 Å². The third-order valence-corrected chi connectivity index (χ3v) is 2.97. The summed E-state index contributed by atoms with van der Waals surface area (Å²) >= 11 is 0. The van der Waals surface area contributed by atoms with Gasteiger partial charge in [-0.15, -0.1) is 12.8 Å². The molecule has 0 bridgehead atoms. The maximum Gasteiger partial charge on any atom is 0.355 e. The number of fused-ring (bicyclic) bond motifs is 1. The molecule has 2 aromatic rings. The van der Waals surface area contributed by atoms with Crippen LogP contribution >= 0.6 is 0 Å². The van der Waals surface area contributed by atoms with Gasteiger partial charge < -0.3 is 9.72 Å². The molecule has 23 heavy (non-hydrogen) atoms. The highest BCUT2D eigenvalue weighted by atomic mass is 19.1. The van der Waals surface area contributed by atoms with Crippen molar-refractivity contribution in [2.45, 2.75) is 54.1 Å². The molecular weight excluding hydrogens is 293 g/mol. The van der Waals surface area contributed by atoms with E-state index in [0.717, 1.165) is 5.56 Å². The van der Waals surface area contributed by atoms with Crippen LogP contribution in [0, 0.1) is 32.5 Å². The Hall–Kier alpha value is -2.28. The number of nitrogens with one attached hydrogen (secondary N) is 1. The van der Waals surface area contributed by atoms with Crippen molar-refractivity contribution in [3.63, 3.8) is 0 Å². The van der Waals surface area contributed by atoms with E-state index in [4.69, 9.17) is 4.74 Å². The molecule has 0 saturated carbocycles. The molecule has 4 heteroatoms. The number of halogens is 1. The van der Waals surface area contributed by atoms with E-state index >= 15 is 0 Å². The van der Waals surface area contributed by atoms with Gasteiger partial charge in [-0.05, 0) is 51.8 Å². The lowest BCUT2D eigenvalue weighted by Crippen LogP contribution is -2.24. The lowest BCUT2D eigenvalue weighted by molar-refractivity contribution is 0.00631. The number of carbonyl (C=O) groups is 1. The van der Waals surface area contributed by atoms with Crippen LogP contribution in [0.25, 0.3) is 10.9 Å². The molecule has 0 unspecified atom stereocenters. The van der Waals surface area contributed by atoms with Crippen molar-refractivity contribution in [2.24, 2.45) is 0 Å². The number of rotatable bonds is 1. The highest BCUT2D eigenvalue weighted by Crippen LogP contribution is 2.28. The largest absolute Gasteiger partial charge is 0.455 e. The van der Waals surface area contributed by atoms with Gasteiger partial charge in [-0.2, -0.15) is 0 Å². The molecule has 1 aromatic carbocycles. The summed E-state index contributed by atoms with van der Waals surface area (Å²) in [5.74, 6) is -0.788. The van der Waals surface area contributed by atoms with Gasteiger partial charge in [-0.25, -0.2) is 9.18 Å². The molecule has 0 fully saturated rings. The standard InChI is InChI=1S/C15H18FNO2.C2H6.C2H2/c1-8-6-7-10(16)11-9(2)13(17-12(8)11)14(18)19-15(3,4)5;2*1-2/h6-7,17H,1-5H3;1-2H3;1-2H. The number of aromatic nitrogens is 1. The van der Waals surface area contributed by atoms with Gasteiger partial charge in [0.15, 0.2) is 0 Å². The second-order valence-corrected chi connectivity index (χ2v) is 5.74. The maximum atomic E-state index is 13.9. The van der Waals surface area contributed by atoms with Crippen molar-refractivity contribution in [3.8, 4) is 12.8 Å². The fourth-order valence-corrected chi connectivity index (χ4v) is 2.09. The molecule has 1 heterocycles. The molecule has 0 aliphatic heterocycles. The molecule has 1 aromatic heterocycles. The Bertz CT molecular complexity index is 691. The van der Waals surface area contributed by atoms with Crippen LogP contribution in [-0.4, -0.2) is 16.6 Å². The topological polar surface area (TPSA) is 42.1 Å². The summed E-state index contributed by atoms with van der Waals surface area (Å²) < 4.78 is 19.2. The number of terminal acetylenes is 1. The average Bonchev–Trinajstić information content (AvgIpc) is 2.85. The lowest BCUT2D eigenvalue weighted by Gasteiger charge is -2.19. The van der Waals surface area contributed by atoms with Crippen molar-refractivity contribution < 1.29 is 13.9 Å². The second kappa shape index (κ2) is 8.38. The quantitative estimate of drug-likeness (QED) is 0.583. The highest BCUT2D eigenvalue weighted by Gasteiger charge is 2.23. The molecule has 0 saturated heterocycles. The number of ether oxygens (including phenoxy) is 1. The van der Waals surface area contributed by atoms with Crippen LogP contribution in [0.3, 0.4) is 0 Å². The van der Waals surface area contributed by atoms with E-state index < -0.39 is 11.6 Å². The molecule has 0 radical (unpaired) electrons. The van der Waals surface area contributed by atoms with E-state index in [0.29, 0.717) is 22.2 Å². The van der Waals surface area contributed by atoms with E-state index in [1.807, 2.05) is 20.8 Å². The molecule has 3 nitrogen and oxygen atoms in total. The van der Waals surface area contributed by atoms with Crippen molar-refractivity contribution in [2.75, 3.05) is 0 Å². The zero-order chi connectivity index (χ0) is 18.4. The average molecular weight is 319 g/mol. The van der Waals surface area contributed by atoms with Crippen LogP contribution in [0.2, 0.25) is 0 Å². The third-order valence-electron chi connectivity index (χ3n) is 2.97. The Balaban J connectivity index is 0.00000112.